The Morgan fingerprint density at radius 2 is 1.25 bits per heavy atom. The molecular formula is C14H12F6O4. The molecule has 0 amide bonds. The van der Waals surface area contributed by atoms with Crippen LogP contribution in [0.3, 0.4) is 0 Å². The lowest BCUT2D eigenvalue weighted by Crippen LogP contribution is -2.34. The number of hydrogen-bond acceptors (Lipinski definition) is 4. The number of carbonyl (C=O) groups excluding carboxylic acids is 2. The molecule has 0 unspecified atom stereocenters. The molecular weight excluding hydrogens is 346 g/mol. The highest BCUT2D eigenvalue weighted by atomic mass is 19.4. The minimum Gasteiger partial charge on any atom is -0.455 e. The largest absolute Gasteiger partial charge is 0.455 e. The zero-order valence-electron chi connectivity index (χ0n) is 12.0. The van der Waals surface area contributed by atoms with Gasteiger partial charge >= 0.3 is 24.3 Å². The van der Waals surface area contributed by atoms with Crippen molar-refractivity contribution in [2.24, 2.45) is 5.92 Å². The molecule has 0 bridgehead atoms. The molecule has 0 radical (unpaired) electrons. The van der Waals surface area contributed by atoms with E-state index < -0.39 is 49.8 Å². The van der Waals surface area contributed by atoms with Crippen LogP contribution in [-0.2, 0) is 25.5 Å². The van der Waals surface area contributed by atoms with E-state index >= 15 is 0 Å². The van der Waals surface area contributed by atoms with Crippen LogP contribution in [0.25, 0.3) is 0 Å². The Morgan fingerprint density at radius 3 is 1.62 bits per heavy atom. The Balaban J connectivity index is 2.82. The molecule has 0 spiro atoms. The fourth-order valence-corrected chi connectivity index (χ4v) is 1.62. The van der Waals surface area contributed by atoms with Crippen molar-refractivity contribution in [3.05, 3.63) is 35.9 Å². The van der Waals surface area contributed by atoms with Crippen LogP contribution >= 0.6 is 0 Å². The number of esters is 2. The van der Waals surface area contributed by atoms with Crippen molar-refractivity contribution < 1.29 is 45.4 Å². The Bertz CT molecular complexity index is 523. The molecule has 1 aromatic carbocycles. The van der Waals surface area contributed by atoms with E-state index in [-0.39, 0.29) is 0 Å². The van der Waals surface area contributed by atoms with Crippen LogP contribution in [0.2, 0.25) is 0 Å². The van der Waals surface area contributed by atoms with Gasteiger partial charge in [0.1, 0.15) is 0 Å². The third-order valence-corrected chi connectivity index (χ3v) is 2.61. The number of carbonyl (C=O) groups is 2. The minimum absolute atomic E-state index is 0.343. The van der Waals surface area contributed by atoms with Crippen molar-refractivity contribution in [2.45, 2.75) is 18.8 Å². The maximum atomic E-state index is 12.1. The lowest BCUT2D eigenvalue weighted by atomic mass is 9.99. The summed E-state index contributed by atoms with van der Waals surface area (Å²) in [6.45, 7) is -3.91. The zero-order valence-corrected chi connectivity index (χ0v) is 12.0. The highest BCUT2D eigenvalue weighted by molar-refractivity contribution is 5.95. The Labute approximate surface area is 132 Å². The third-order valence-electron chi connectivity index (χ3n) is 2.61. The highest BCUT2D eigenvalue weighted by Gasteiger charge is 2.37. The summed E-state index contributed by atoms with van der Waals surface area (Å²) in [5.74, 6) is -5.15. The topological polar surface area (TPSA) is 52.6 Å². The van der Waals surface area contributed by atoms with Gasteiger partial charge in [-0.1, -0.05) is 30.3 Å². The van der Waals surface area contributed by atoms with Crippen molar-refractivity contribution in [2.75, 3.05) is 13.2 Å². The fraction of sp³-hybridized carbons (Fsp3) is 0.429. The first-order valence-corrected chi connectivity index (χ1v) is 6.48. The van der Waals surface area contributed by atoms with E-state index in [0.717, 1.165) is 0 Å². The molecule has 4 nitrogen and oxygen atoms in total. The highest BCUT2D eigenvalue weighted by Crippen LogP contribution is 2.20. The van der Waals surface area contributed by atoms with E-state index in [4.69, 9.17) is 0 Å². The fourth-order valence-electron chi connectivity index (χ4n) is 1.62. The number of alkyl halides is 6. The SMILES string of the molecule is O=C(OCC(F)(F)F)C(Cc1ccccc1)C(=O)OCC(F)(F)F. The van der Waals surface area contributed by atoms with Gasteiger partial charge in [-0.2, -0.15) is 26.3 Å². The molecule has 0 aliphatic rings. The standard InChI is InChI=1S/C14H12F6O4/c15-13(16,17)7-23-11(21)10(6-9-4-2-1-3-5-9)12(22)24-8-14(18,19)20/h1-5,10H,6-8H2. The Hall–Kier alpha value is -2.26. The van der Waals surface area contributed by atoms with E-state index in [0.29, 0.717) is 5.56 Å². The second-order valence-corrected chi connectivity index (χ2v) is 4.69. The smallest absolute Gasteiger partial charge is 0.422 e. The quantitative estimate of drug-likeness (QED) is 0.446. The van der Waals surface area contributed by atoms with Gasteiger partial charge in [-0.25, -0.2) is 0 Å². The maximum absolute atomic E-state index is 12.1. The summed E-state index contributed by atoms with van der Waals surface area (Å²) in [5.41, 5.74) is 0.343. The predicted octanol–water partition coefficient (Wildman–Crippen LogP) is 3.06. The van der Waals surface area contributed by atoms with Gasteiger partial charge < -0.3 is 9.47 Å². The molecule has 0 saturated carbocycles. The predicted molar refractivity (Wildman–Crippen MR) is 67.7 cm³/mol. The first-order chi connectivity index (χ1) is 11.0. The summed E-state index contributed by atoms with van der Waals surface area (Å²) in [5, 5.41) is 0. The molecule has 24 heavy (non-hydrogen) atoms. The molecule has 10 heteroatoms. The maximum Gasteiger partial charge on any atom is 0.422 e. The van der Waals surface area contributed by atoms with Crippen molar-refractivity contribution in [1.82, 2.24) is 0 Å². The van der Waals surface area contributed by atoms with Gasteiger partial charge in [0.15, 0.2) is 19.1 Å². The third kappa shape index (κ3) is 7.84. The van der Waals surface area contributed by atoms with E-state index in [1.807, 2.05) is 0 Å². The van der Waals surface area contributed by atoms with E-state index in [1.165, 1.54) is 24.3 Å². The first-order valence-electron chi connectivity index (χ1n) is 6.48. The van der Waals surface area contributed by atoms with Gasteiger partial charge in [0.25, 0.3) is 0 Å². The van der Waals surface area contributed by atoms with Crippen LogP contribution in [0.1, 0.15) is 5.56 Å². The molecule has 134 valence electrons. The number of ether oxygens (including phenoxy) is 2. The van der Waals surface area contributed by atoms with Crippen LogP contribution in [0.5, 0.6) is 0 Å². The lowest BCUT2D eigenvalue weighted by Gasteiger charge is -2.17. The minimum atomic E-state index is -4.83. The van der Waals surface area contributed by atoms with Crippen LogP contribution in [0.15, 0.2) is 30.3 Å². The number of rotatable bonds is 6. The number of hydrogen-bond donors (Lipinski definition) is 0. The zero-order chi connectivity index (χ0) is 18.4. The number of benzene rings is 1. The van der Waals surface area contributed by atoms with Crippen LogP contribution in [-0.4, -0.2) is 37.5 Å². The van der Waals surface area contributed by atoms with Crippen LogP contribution < -0.4 is 0 Å². The summed E-state index contributed by atoms with van der Waals surface area (Å²) in [6, 6.07) is 7.54. The summed E-state index contributed by atoms with van der Waals surface area (Å²) in [6.07, 6.45) is -10.1. The molecule has 0 atom stereocenters. The summed E-state index contributed by atoms with van der Waals surface area (Å²) >= 11 is 0. The van der Waals surface area contributed by atoms with Gasteiger partial charge in [-0.05, 0) is 12.0 Å². The summed E-state index contributed by atoms with van der Waals surface area (Å²) < 4.78 is 80.3. The molecule has 1 aromatic rings. The first kappa shape index (κ1) is 19.8. The molecule has 0 N–H and O–H groups in total. The normalized spacial score (nSPS) is 12.1. The van der Waals surface area contributed by atoms with Gasteiger partial charge in [0.2, 0.25) is 0 Å². The molecule has 0 fully saturated rings. The van der Waals surface area contributed by atoms with E-state index in [1.54, 1.807) is 6.07 Å². The second kappa shape index (κ2) is 8.02. The van der Waals surface area contributed by atoms with E-state index in [9.17, 15) is 35.9 Å². The van der Waals surface area contributed by atoms with Gasteiger partial charge in [0, 0.05) is 0 Å². The van der Waals surface area contributed by atoms with Crippen molar-refractivity contribution in [3.8, 4) is 0 Å². The summed E-state index contributed by atoms with van der Waals surface area (Å²) in [7, 11) is 0. The Morgan fingerprint density at radius 1 is 0.833 bits per heavy atom. The molecule has 0 heterocycles. The van der Waals surface area contributed by atoms with E-state index in [2.05, 4.69) is 9.47 Å². The van der Waals surface area contributed by atoms with Crippen molar-refractivity contribution in [1.29, 1.82) is 0 Å². The van der Waals surface area contributed by atoms with Crippen LogP contribution in [0, 0.1) is 5.92 Å². The number of halogens is 6. The lowest BCUT2D eigenvalue weighted by molar-refractivity contribution is -0.199. The molecule has 0 saturated heterocycles. The Kier molecular flexibility index (Phi) is 6.61. The molecule has 0 aliphatic heterocycles. The average molecular weight is 358 g/mol. The monoisotopic (exact) mass is 358 g/mol. The van der Waals surface area contributed by atoms with Crippen LogP contribution in [0.4, 0.5) is 26.3 Å². The summed E-state index contributed by atoms with van der Waals surface area (Å²) in [4.78, 5) is 23.3. The van der Waals surface area contributed by atoms with Gasteiger partial charge in [-0.15, -0.1) is 0 Å². The average Bonchev–Trinajstić information content (AvgIpc) is 2.47. The van der Waals surface area contributed by atoms with Gasteiger partial charge in [-0.3, -0.25) is 9.59 Å². The van der Waals surface area contributed by atoms with Gasteiger partial charge in [0.05, 0.1) is 0 Å². The molecule has 0 aromatic heterocycles. The van der Waals surface area contributed by atoms with Crippen molar-refractivity contribution in [3.63, 3.8) is 0 Å². The molecule has 0 aliphatic carbocycles. The van der Waals surface area contributed by atoms with Crippen molar-refractivity contribution >= 4 is 11.9 Å². The molecule has 1 rings (SSSR count). The second-order valence-electron chi connectivity index (χ2n) is 4.69.